The van der Waals surface area contributed by atoms with E-state index in [1.807, 2.05) is 32.2 Å². The molecule has 2 N–H and O–H groups in total. The monoisotopic (exact) mass is 244 g/mol. The fraction of sp³-hybridized carbons (Fsp3) is 0.214. The van der Waals surface area contributed by atoms with Crippen molar-refractivity contribution >= 4 is 11.6 Å². The molecule has 0 fully saturated rings. The highest BCUT2D eigenvalue weighted by molar-refractivity contribution is 5.94. The van der Waals surface area contributed by atoms with Gasteiger partial charge in [-0.25, -0.2) is 0 Å². The van der Waals surface area contributed by atoms with Crippen molar-refractivity contribution in [1.82, 2.24) is 5.32 Å². The van der Waals surface area contributed by atoms with E-state index in [1.165, 1.54) is 0 Å². The van der Waals surface area contributed by atoms with Crippen LogP contribution in [0.3, 0.4) is 0 Å². The van der Waals surface area contributed by atoms with Crippen LogP contribution in [0, 0.1) is 6.92 Å². The zero-order valence-electron chi connectivity index (χ0n) is 10.5. The zero-order chi connectivity index (χ0) is 13.0. The lowest BCUT2D eigenvalue weighted by molar-refractivity contribution is 0.0948. The maximum absolute atomic E-state index is 11.9. The van der Waals surface area contributed by atoms with Crippen molar-refractivity contribution < 1.29 is 9.21 Å². The molecule has 1 aromatic carbocycles. The largest absolute Gasteiger partial charge is 0.467 e. The van der Waals surface area contributed by atoms with Crippen LogP contribution < -0.4 is 10.6 Å². The van der Waals surface area contributed by atoms with E-state index < -0.39 is 0 Å². The van der Waals surface area contributed by atoms with Gasteiger partial charge in [0.05, 0.1) is 12.8 Å². The maximum Gasteiger partial charge on any atom is 0.251 e. The summed E-state index contributed by atoms with van der Waals surface area (Å²) in [4.78, 5) is 11.9. The molecule has 4 nitrogen and oxygen atoms in total. The maximum atomic E-state index is 11.9. The van der Waals surface area contributed by atoms with Crippen LogP contribution in [-0.2, 0) is 6.54 Å². The molecule has 4 heteroatoms. The molecular formula is C14H16N2O2. The Morgan fingerprint density at radius 3 is 2.78 bits per heavy atom. The number of nitrogens with one attached hydrogen (secondary N) is 2. The van der Waals surface area contributed by atoms with E-state index >= 15 is 0 Å². The van der Waals surface area contributed by atoms with E-state index in [0.29, 0.717) is 12.1 Å². The molecule has 2 aromatic rings. The first-order chi connectivity index (χ1) is 8.70. The molecule has 0 aliphatic carbocycles. The molecule has 1 aromatic heterocycles. The van der Waals surface area contributed by atoms with Gasteiger partial charge in [0.1, 0.15) is 5.76 Å². The molecule has 94 valence electrons. The second-order valence-electron chi connectivity index (χ2n) is 4.04. The molecule has 0 spiro atoms. The Hall–Kier alpha value is -2.23. The number of aryl methyl sites for hydroxylation is 1. The van der Waals surface area contributed by atoms with Crippen LogP contribution in [0.2, 0.25) is 0 Å². The van der Waals surface area contributed by atoms with Crippen LogP contribution >= 0.6 is 0 Å². The van der Waals surface area contributed by atoms with Gasteiger partial charge in [-0.3, -0.25) is 4.79 Å². The fourth-order valence-corrected chi connectivity index (χ4v) is 1.77. The van der Waals surface area contributed by atoms with Crippen molar-refractivity contribution in [2.75, 3.05) is 12.4 Å². The third kappa shape index (κ3) is 2.71. The van der Waals surface area contributed by atoms with E-state index in [9.17, 15) is 4.79 Å². The van der Waals surface area contributed by atoms with Crippen molar-refractivity contribution in [3.63, 3.8) is 0 Å². The highest BCUT2D eigenvalue weighted by Gasteiger charge is 2.07. The summed E-state index contributed by atoms with van der Waals surface area (Å²) in [6.45, 7) is 2.37. The molecule has 0 bridgehead atoms. The Morgan fingerprint density at radius 2 is 2.17 bits per heavy atom. The summed E-state index contributed by atoms with van der Waals surface area (Å²) in [7, 11) is 1.86. The quantitative estimate of drug-likeness (QED) is 0.869. The minimum absolute atomic E-state index is 0.0999. The summed E-state index contributed by atoms with van der Waals surface area (Å²) in [6, 6.07) is 9.19. The molecule has 0 saturated heterocycles. The molecule has 0 aliphatic heterocycles. The van der Waals surface area contributed by atoms with E-state index in [4.69, 9.17) is 4.42 Å². The first kappa shape index (κ1) is 12.2. The summed E-state index contributed by atoms with van der Waals surface area (Å²) in [5.74, 6) is 0.643. The van der Waals surface area contributed by atoms with Crippen molar-refractivity contribution in [2.24, 2.45) is 0 Å². The molecule has 0 radical (unpaired) electrons. The number of furan rings is 1. The molecular weight excluding hydrogens is 228 g/mol. The third-order valence-electron chi connectivity index (χ3n) is 2.76. The van der Waals surface area contributed by atoms with Gasteiger partial charge in [0, 0.05) is 18.3 Å². The summed E-state index contributed by atoms with van der Waals surface area (Å²) in [5.41, 5.74) is 2.72. The van der Waals surface area contributed by atoms with Crippen LogP contribution in [0.5, 0.6) is 0 Å². The highest BCUT2D eigenvalue weighted by Crippen LogP contribution is 2.15. The Labute approximate surface area is 106 Å². The second kappa shape index (κ2) is 5.40. The smallest absolute Gasteiger partial charge is 0.251 e. The lowest BCUT2D eigenvalue weighted by Gasteiger charge is -2.08. The highest BCUT2D eigenvalue weighted by atomic mass is 16.3. The fourth-order valence-electron chi connectivity index (χ4n) is 1.77. The molecule has 2 rings (SSSR count). The van der Waals surface area contributed by atoms with Crippen molar-refractivity contribution in [3.05, 3.63) is 53.5 Å². The molecule has 0 aliphatic rings. The van der Waals surface area contributed by atoms with Crippen LogP contribution in [0.1, 0.15) is 21.7 Å². The number of carbonyl (C=O) groups is 1. The first-order valence-electron chi connectivity index (χ1n) is 5.79. The van der Waals surface area contributed by atoms with Crippen LogP contribution in [0.4, 0.5) is 5.69 Å². The van der Waals surface area contributed by atoms with Crippen LogP contribution in [0.25, 0.3) is 0 Å². The average Bonchev–Trinajstić information content (AvgIpc) is 2.89. The topological polar surface area (TPSA) is 54.3 Å². The Balaban J connectivity index is 2.02. The van der Waals surface area contributed by atoms with E-state index in [0.717, 1.165) is 17.0 Å². The number of hydrogen-bond donors (Lipinski definition) is 2. The predicted molar refractivity (Wildman–Crippen MR) is 70.6 cm³/mol. The molecule has 1 amide bonds. The summed E-state index contributed by atoms with van der Waals surface area (Å²) in [6.07, 6.45) is 1.59. The van der Waals surface area contributed by atoms with Gasteiger partial charge in [0.15, 0.2) is 0 Å². The predicted octanol–water partition coefficient (Wildman–Crippen LogP) is 2.56. The van der Waals surface area contributed by atoms with E-state index in [2.05, 4.69) is 10.6 Å². The van der Waals surface area contributed by atoms with Gasteiger partial charge in [-0.05, 0) is 42.8 Å². The summed E-state index contributed by atoms with van der Waals surface area (Å²) < 4.78 is 5.16. The van der Waals surface area contributed by atoms with Gasteiger partial charge in [-0.1, -0.05) is 0 Å². The minimum atomic E-state index is -0.0999. The van der Waals surface area contributed by atoms with Gasteiger partial charge in [0.25, 0.3) is 5.91 Å². The number of carbonyl (C=O) groups excluding carboxylic acids is 1. The number of rotatable bonds is 4. The zero-order valence-corrected chi connectivity index (χ0v) is 10.5. The summed E-state index contributed by atoms with van der Waals surface area (Å²) in [5, 5.41) is 5.88. The number of hydrogen-bond acceptors (Lipinski definition) is 3. The Bertz CT molecular complexity index is 533. The molecule has 0 saturated carbocycles. The summed E-state index contributed by atoms with van der Waals surface area (Å²) >= 11 is 0. The number of anilines is 1. The molecule has 18 heavy (non-hydrogen) atoms. The lowest BCUT2D eigenvalue weighted by atomic mass is 10.1. The Kier molecular flexibility index (Phi) is 3.67. The van der Waals surface area contributed by atoms with Gasteiger partial charge in [-0.15, -0.1) is 0 Å². The van der Waals surface area contributed by atoms with Gasteiger partial charge >= 0.3 is 0 Å². The Morgan fingerprint density at radius 1 is 1.33 bits per heavy atom. The van der Waals surface area contributed by atoms with E-state index in [1.54, 1.807) is 18.4 Å². The molecule has 0 atom stereocenters. The average molecular weight is 244 g/mol. The molecule has 1 heterocycles. The van der Waals surface area contributed by atoms with Crippen molar-refractivity contribution in [1.29, 1.82) is 0 Å². The minimum Gasteiger partial charge on any atom is -0.467 e. The van der Waals surface area contributed by atoms with Gasteiger partial charge < -0.3 is 15.1 Å². The normalized spacial score (nSPS) is 10.1. The van der Waals surface area contributed by atoms with Crippen LogP contribution in [-0.4, -0.2) is 13.0 Å². The molecule has 0 unspecified atom stereocenters. The standard InChI is InChI=1S/C14H16N2O2/c1-10-8-11(5-6-13(10)15-2)14(17)16-9-12-4-3-7-18-12/h3-8,15H,9H2,1-2H3,(H,16,17). The first-order valence-corrected chi connectivity index (χ1v) is 5.79. The van der Waals surface area contributed by atoms with Gasteiger partial charge in [-0.2, -0.15) is 0 Å². The van der Waals surface area contributed by atoms with Crippen molar-refractivity contribution in [3.8, 4) is 0 Å². The van der Waals surface area contributed by atoms with Gasteiger partial charge in [0.2, 0.25) is 0 Å². The van der Waals surface area contributed by atoms with Crippen molar-refractivity contribution in [2.45, 2.75) is 13.5 Å². The number of amides is 1. The lowest BCUT2D eigenvalue weighted by Crippen LogP contribution is -2.22. The second-order valence-corrected chi connectivity index (χ2v) is 4.04. The van der Waals surface area contributed by atoms with Crippen LogP contribution in [0.15, 0.2) is 41.0 Å². The number of benzene rings is 1. The SMILES string of the molecule is CNc1ccc(C(=O)NCc2ccco2)cc1C. The third-order valence-corrected chi connectivity index (χ3v) is 2.76. The van der Waals surface area contributed by atoms with E-state index in [-0.39, 0.29) is 5.91 Å².